The van der Waals surface area contributed by atoms with Gasteiger partial charge in [-0.25, -0.2) is 4.98 Å². The minimum Gasteiger partial charge on any atom is -0.329 e. The number of aromatic nitrogens is 2. The molecule has 5 heteroatoms. The van der Waals surface area contributed by atoms with Gasteiger partial charge in [-0.1, -0.05) is 0 Å². The molecule has 1 aromatic heterocycles. The van der Waals surface area contributed by atoms with Gasteiger partial charge in [0, 0.05) is 19.3 Å². The maximum absolute atomic E-state index is 11.4. The number of rotatable bonds is 2. The molecule has 0 radical (unpaired) electrons. The number of nitrogens with two attached hydrogens (primary N) is 1. The van der Waals surface area contributed by atoms with Crippen LogP contribution in [0.2, 0.25) is 0 Å². The van der Waals surface area contributed by atoms with Crippen LogP contribution in [0.5, 0.6) is 0 Å². The normalized spacial score (nSPS) is 10.2. The van der Waals surface area contributed by atoms with E-state index in [1.165, 1.54) is 6.20 Å². The summed E-state index contributed by atoms with van der Waals surface area (Å²) in [7, 11) is 0. The lowest BCUT2D eigenvalue weighted by molar-refractivity contribution is 0.636. The molecule has 1 heterocycles. The van der Waals surface area contributed by atoms with Crippen LogP contribution in [-0.2, 0) is 6.54 Å². The topological polar surface area (TPSA) is 60.9 Å². The first-order chi connectivity index (χ1) is 5.66. The van der Waals surface area contributed by atoms with Gasteiger partial charge in [0.1, 0.15) is 10.3 Å². The fourth-order valence-electron chi connectivity index (χ4n) is 0.943. The molecule has 1 aromatic rings. The van der Waals surface area contributed by atoms with Gasteiger partial charge in [-0.05, 0) is 22.9 Å². The highest BCUT2D eigenvalue weighted by Gasteiger charge is 2.03. The van der Waals surface area contributed by atoms with Crippen molar-refractivity contribution in [2.24, 2.45) is 5.73 Å². The molecule has 0 spiro atoms. The third-order valence-corrected chi connectivity index (χ3v) is 2.10. The van der Waals surface area contributed by atoms with E-state index in [4.69, 9.17) is 5.73 Å². The Labute approximate surface area is 78.5 Å². The summed E-state index contributed by atoms with van der Waals surface area (Å²) in [5, 5.41) is 0. The maximum atomic E-state index is 11.4. The highest BCUT2D eigenvalue weighted by atomic mass is 79.9. The molecule has 66 valence electrons. The second-order valence-electron chi connectivity index (χ2n) is 2.40. The van der Waals surface area contributed by atoms with Gasteiger partial charge in [-0.2, -0.15) is 0 Å². The first-order valence-corrected chi connectivity index (χ1v) is 4.38. The van der Waals surface area contributed by atoms with Crippen LogP contribution in [0.15, 0.2) is 15.5 Å². The Balaban J connectivity index is 3.24. The molecule has 0 aliphatic rings. The Kier molecular flexibility index (Phi) is 2.99. The first kappa shape index (κ1) is 9.41. The molecule has 0 fully saturated rings. The molecule has 0 aromatic carbocycles. The average molecular weight is 232 g/mol. The zero-order valence-electron chi connectivity index (χ0n) is 6.75. The second-order valence-corrected chi connectivity index (χ2v) is 3.25. The van der Waals surface area contributed by atoms with Crippen molar-refractivity contribution in [1.29, 1.82) is 0 Å². The minimum absolute atomic E-state index is 0.0760. The Morgan fingerprint density at radius 2 is 2.42 bits per heavy atom. The summed E-state index contributed by atoms with van der Waals surface area (Å²) in [4.78, 5) is 15.4. The molecule has 0 amide bonds. The molecule has 0 saturated heterocycles. The molecule has 0 aliphatic heterocycles. The zero-order valence-corrected chi connectivity index (χ0v) is 8.34. The van der Waals surface area contributed by atoms with Crippen molar-refractivity contribution >= 4 is 15.9 Å². The van der Waals surface area contributed by atoms with Gasteiger partial charge in [0.05, 0.1) is 0 Å². The number of hydrogen-bond acceptors (Lipinski definition) is 3. The largest absolute Gasteiger partial charge is 0.329 e. The Hall–Kier alpha value is -0.680. The Morgan fingerprint density at radius 3 is 3.00 bits per heavy atom. The fraction of sp³-hybridized carbons (Fsp3) is 0.429. The fourth-order valence-corrected chi connectivity index (χ4v) is 1.26. The highest BCUT2D eigenvalue weighted by Crippen LogP contribution is 2.00. The minimum atomic E-state index is -0.0760. The van der Waals surface area contributed by atoms with Crippen LogP contribution in [0.4, 0.5) is 0 Å². The van der Waals surface area contributed by atoms with Crippen LogP contribution >= 0.6 is 15.9 Å². The van der Waals surface area contributed by atoms with E-state index in [2.05, 4.69) is 20.9 Å². The van der Waals surface area contributed by atoms with E-state index in [1.807, 2.05) is 0 Å². The molecule has 0 aliphatic carbocycles. The van der Waals surface area contributed by atoms with Gasteiger partial charge in [-0.15, -0.1) is 0 Å². The molecular formula is C7H10BrN3O. The van der Waals surface area contributed by atoms with Gasteiger partial charge in [0.25, 0.3) is 5.56 Å². The van der Waals surface area contributed by atoms with Crippen LogP contribution in [0.1, 0.15) is 5.82 Å². The zero-order chi connectivity index (χ0) is 9.14. The van der Waals surface area contributed by atoms with Crippen molar-refractivity contribution in [3.63, 3.8) is 0 Å². The smallest absolute Gasteiger partial charge is 0.267 e. The van der Waals surface area contributed by atoms with Crippen molar-refractivity contribution in [2.75, 3.05) is 6.54 Å². The van der Waals surface area contributed by atoms with Crippen molar-refractivity contribution < 1.29 is 0 Å². The van der Waals surface area contributed by atoms with E-state index in [0.717, 1.165) is 0 Å². The average Bonchev–Trinajstić information content (AvgIpc) is 2.06. The van der Waals surface area contributed by atoms with E-state index in [9.17, 15) is 4.79 Å². The highest BCUT2D eigenvalue weighted by molar-refractivity contribution is 9.10. The lowest BCUT2D eigenvalue weighted by atomic mass is 10.5. The summed E-state index contributed by atoms with van der Waals surface area (Å²) < 4.78 is 2.02. The molecule has 0 saturated carbocycles. The van der Waals surface area contributed by atoms with E-state index in [1.54, 1.807) is 11.5 Å². The third kappa shape index (κ3) is 1.73. The summed E-state index contributed by atoms with van der Waals surface area (Å²) >= 11 is 3.11. The molecule has 12 heavy (non-hydrogen) atoms. The van der Waals surface area contributed by atoms with Gasteiger partial charge >= 0.3 is 0 Å². The lowest BCUT2D eigenvalue weighted by Crippen LogP contribution is -2.27. The van der Waals surface area contributed by atoms with Crippen LogP contribution < -0.4 is 11.3 Å². The summed E-state index contributed by atoms with van der Waals surface area (Å²) in [6, 6.07) is 0. The maximum Gasteiger partial charge on any atom is 0.267 e. The van der Waals surface area contributed by atoms with Crippen molar-refractivity contribution in [3.8, 4) is 0 Å². The number of nitrogens with zero attached hydrogens (tertiary/aromatic N) is 2. The molecule has 0 bridgehead atoms. The Bertz CT molecular complexity index is 334. The van der Waals surface area contributed by atoms with Gasteiger partial charge in [0.15, 0.2) is 0 Å². The van der Waals surface area contributed by atoms with Gasteiger partial charge in [0.2, 0.25) is 0 Å². The molecule has 4 nitrogen and oxygen atoms in total. The van der Waals surface area contributed by atoms with Crippen molar-refractivity contribution in [2.45, 2.75) is 13.5 Å². The number of halogens is 1. The molecule has 1 rings (SSSR count). The summed E-state index contributed by atoms with van der Waals surface area (Å²) in [5.74, 6) is 0.689. The number of aryl methyl sites for hydroxylation is 1. The van der Waals surface area contributed by atoms with Crippen LogP contribution in [0.25, 0.3) is 0 Å². The third-order valence-electron chi connectivity index (χ3n) is 1.56. The summed E-state index contributed by atoms with van der Waals surface area (Å²) in [6.07, 6.45) is 1.50. The van der Waals surface area contributed by atoms with E-state index >= 15 is 0 Å². The Morgan fingerprint density at radius 1 is 1.75 bits per heavy atom. The quantitative estimate of drug-likeness (QED) is 0.796. The molecular weight excluding hydrogens is 222 g/mol. The lowest BCUT2D eigenvalue weighted by Gasteiger charge is -2.06. The van der Waals surface area contributed by atoms with E-state index < -0.39 is 0 Å². The standard InChI is InChI=1S/C7H10BrN3O/c1-5-10-4-6(8)7(12)11(5)3-2-9/h4H,2-3,9H2,1H3. The predicted molar refractivity (Wildman–Crippen MR) is 50.0 cm³/mol. The van der Waals surface area contributed by atoms with Crippen molar-refractivity contribution in [3.05, 3.63) is 26.8 Å². The molecule has 2 N–H and O–H groups in total. The van der Waals surface area contributed by atoms with E-state index in [-0.39, 0.29) is 5.56 Å². The second kappa shape index (κ2) is 3.82. The SMILES string of the molecule is Cc1ncc(Br)c(=O)n1CCN. The van der Waals surface area contributed by atoms with Crippen LogP contribution in [0, 0.1) is 6.92 Å². The van der Waals surface area contributed by atoms with Crippen molar-refractivity contribution in [1.82, 2.24) is 9.55 Å². The number of hydrogen-bond donors (Lipinski definition) is 1. The predicted octanol–water partition coefficient (Wildman–Crippen LogP) is 0.273. The monoisotopic (exact) mass is 231 g/mol. The molecule has 0 atom stereocenters. The molecule has 0 unspecified atom stereocenters. The van der Waals surface area contributed by atoms with Crippen LogP contribution in [-0.4, -0.2) is 16.1 Å². The van der Waals surface area contributed by atoms with Crippen LogP contribution in [0.3, 0.4) is 0 Å². The van der Waals surface area contributed by atoms with E-state index in [0.29, 0.717) is 23.4 Å². The summed E-state index contributed by atoms with van der Waals surface area (Å²) in [5.41, 5.74) is 5.27. The van der Waals surface area contributed by atoms with Gasteiger partial charge < -0.3 is 5.73 Å². The first-order valence-electron chi connectivity index (χ1n) is 3.59. The van der Waals surface area contributed by atoms with Gasteiger partial charge in [-0.3, -0.25) is 9.36 Å². The summed E-state index contributed by atoms with van der Waals surface area (Å²) in [6.45, 7) is 2.74.